The van der Waals surface area contributed by atoms with Crippen LogP contribution in [0, 0.1) is 5.82 Å². The van der Waals surface area contributed by atoms with Gasteiger partial charge in [-0.2, -0.15) is 0 Å². The molecular weight excluding hydrogens is 341 g/mol. The summed E-state index contributed by atoms with van der Waals surface area (Å²) in [7, 11) is 1.85. The highest BCUT2D eigenvalue weighted by atomic mass is 19.1. The molecule has 0 radical (unpaired) electrons. The summed E-state index contributed by atoms with van der Waals surface area (Å²) < 4.78 is 16.3. The van der Waals surface area contributed by atoms with E-state index in [0.29, 0.717) is 11.4 Å². The average Bonchev–Trinajstić information content (AvgIpc) is 3.12. The SMILES string of the molecule is Cn1ccnc1[C@H](NC(=O)[C@H]1CCCc2ccccc21)c1ccccc1F. The number of nitrogens with one attached hydrogen (secondary N) is 1. The van der Waals surface area contributed by atoms with Crippen LogP contribution in [0.25, 0.3) is 0 Å². The van der Waals surface area contributed by atoms with E-state index in [-0.39, 0.29) is 17.6 Å². The van der Waals surface area contributed by atoms with E-state index in [1.165, 1.54) is 11.6 Å². The molecule has 0 saturated carbocycles. The monoisotopic (exact) mass is 363 g/mol. The van der Waals surface area contributed by atoms with Gasteiger partial charge in [-0.3, -0.25) is 4.79 Å². The van der Waals surface area contributed by atoms with Gasteiger partial charge in [0.1, 0.15) is 17.7 Å². The van der Waals surface area contributed by atoms with Crippen LogP contribution in [0.1, 0.15) is 47.3 Å². The molecule has 4 rings (SSSR count). The second kappa shape index (κ2) is 7.35. The zero-order valence-electron chi connectivity index (χ0n) is 15.2. The van der Waals surface area contributed by atoms with Crippen molar-refractivity contribution in [3.05, 3.63) is 89.3 Å². The maximum Gasteiger partial charge on any atom is 0.228 e. The molecule has 2 atom stereocenters. The number of hydrogen-bond acceptors (Lipinski definition) is 2. The Morgan fingerprint density at radius 1 is 1.22 bits per heavy atom. The van der Waals surface area contributed by atoms with Crippen molar-refractivity contribution in [2.24, 2.45) is 7.05 Å². The fraction of sp³-hybridized carbons (Fsp3) is 0.273. The first kappa shape index (κ1) is 17.5. The van der Waals surface area contributed by atoms with Gasteiger partial charge >= 0.3 is 0 Å². The highest BCUT2D eigenvalue weighted by molar-refractivity contribution is 5.85. The van der Waals surface area contributed by atoms with Crippen molar-refractivity contribution in [1.29, 1.82) is 0 Å². The third-order valence-electron chi connectivity index (χ3n) is 5.31. The number of rotatable bonds is 4. The molecule has 1 heterocycles. The first-order valence-electron chi connectivity index (χ1n) is 9.25. The minimum atomic E-state index is -0.632. The number of amides is 1. The predicted octanol–water partition coefficient (Wildman–Crippen LogP) is 3.88. The highest BCUT2D eigenvalue weighted by Crippen LogP contribution is 2.33. The Morgan fingerprint density at radius 3 is 2.78 bits per heavy atom. The van der Waals surface area contributed by atoms with E-state index in [0.717, 1.165) is 24.8 Å². The van der Waals surface area contributed by atoms with Gasteiger partial charge in [-0.1, -0.05) is 42.5 Å². The lowest BCUT2D eigenvalue weighted by Gasteiger charge is -2.27. The predicted molar refractivity (Wildman–Crippen MR) is 102 cm³/mol. The number of hydrogen-bond donors (Lipinski definition) is 1. The lowest BCUT2D eigenvalue weighted by Crippen LogP contribution is -2.36. The van der Waals surface area contributed by atoms with Crippen LogP contribution in [0.4, 0.5) is 4.39 Å². The molecule has 1 amide bonds. The minimum Gasteiger partial charge on any atom is -0.341 e. The fourth-order valence-electron chi connectivity index (χ4n) is 3.92. The van der Waals surface area contributed by atoms with Crippen molar-refractivity contribution >= 4 is 5.91 Å². The summed E-state index contributed by atoms with van der Waals surface area (Å²) in [5, 5.41) is 3.07. The second-order valence-electron chi connectivity index (χ2n) is 7.00. The second-order valence-corrected chi connectivity index (χ2v) is 7.00. The van der Waals surface area contributed by atoms with Crippen LogP contribution in [0.3, 0.4) is 0 Å². The summed E-state index contributed by atoms with van der Waals surface area (Å²) in [5.74, 6) is -0.0460. The lowest BCUT2D eigenvalue weighted by atomic mass is 9.82. The number of nitrogens with zero attached hydrogens (tertiary/aromatic N) is 2. The minimum absolute atomic E-state index is 0.0848. The highest BCUT2D eigenvalue weighted by Gasteiger charge is 2.30. The van der Waals surface area contributed by atoms with E-state index in [9.17, 15) is 9.18 Å². The summed E-state index contributed by atoms with van der Waals surface area (Å²) in [6.07, 6.45) is 6.22. The van der Waals surface area contributed by atoms with E-state index in [2.05, 4.69) is 16.4 Å². The Bertz CT molecular complexity index is 965. The summed E-state index contributed by atoms with van der Waals surface area (Å²) >= 11 is 0. The Labute approximate surface area is 158 Å². The van der Waals surface area contributed by atoms with Crippen molar-refractivity contribution < 1.29 is 9.18 Å². The zero-order chi connectivity index (χ0) is 18.8. The van der Waals surface area contributed by atoms with Gasteiger partial charge in [-0.05, 0) is 36.5 Å². The quantitative estimate of drug-likeness (QED) is 0.765. The largest absolute Gasteiger partial charge is 0.341 e. The summed E-state index contributed by atoms with van der Waals surface area (Å²) in [4.78, 5) is 17.5. The molecule has 5 heteroatoms. The Hall–Kier alpha value is -2.95. The zero-order valence-corrected chi connectivity index (χ0v) is 15.2. The van der Waals surface area contributed by atoms with Crippen LogP contribution in [-0.4, -0.2) is 15.5 Å². The van der Waals surface area contributed by atoms with E-state index < -0.39 is 6.04 Å². The normalized spacial score (nSPS) is 17.2. The molecule has 0 bridgehead atoms. The molecule has 1 N–H and O–H groups in total. The topological polar surface area (TPSA) is 46.9 Å². The Morgan fingerprint density at radius 2 is 2.00 bits per heavy atom. The molecule has 2 aromatic carbocycles. The number of halogens is 1. The first-order valence-corrected chi connectivity index (χ1v) is 9.25. The van der Waals surface area contributed by atoms with Crippen molar-refractivity contribution in [3.63, 3.8) is 0 Å². The standard InChI is InChI=1S/C22H22FN3O/c1-26-14-13-24-21(26)20(18-10-4-5-12-19(18)23)25-22(27)17-11-6-8-15-7-2-3-9-16(15)17/h2-5,7,9-10,12-14,17,20H,6,8,11H2,1H3,(H,25,27)/t17-,20+/m0/s1. The van der Waals surface area contributed by atoms with Crippen molar-refractivity contribution in [2.75, 3.05) is 0 Å². The molecule has 0 fully saturated rings. The Balaban J connectivity index is 1.68. The maximum absolute atomic E-state index is 14.5. The van der Waals surface area contributed by atoms with Gasteiger partial charge in [-0.15, -0.1) is 0 Å². The third-order valence-corrected chi connectivity index (χ3v) is 5.31. The van der Waals surface area contributed by atoms with E-state index >= 15 is 0 Å². The third kappa shape index (κ3) is 3.37. The number of fused-ring (bicyclic) bond motifs is 1. The van der Waals surface area contributed by atoms with Gasteiger partial charge in [-0.25, -0.2) is 9.37 Å². The summed E-state index contributed by atoms with van der Waals surface area (Å²) in [6.45, 7) is 0. The molecule has 27 heavy (non-hydrogen) atoms. The molecule has 1 aliphatic rings. The van der Waals surface area contributed by atoms with Crippen LogP contribution in [-0.2, 0) is 18.3 Å². The van der Waals surface area contributed by atoms with Crippen molar-refractivity contribution in [2.45, 2.75) is 31.2 Å². The van der Waals surface area contributed by atoms with Crippen molar-refractivity contribution in [1.82, 2.24) is 14.9 Å². The first-order chi connectivity index (χ1) is 13.1. The molecule has 0 aliphatic heterocycles. The van der Waals surface area contributed by atoms with E-state index in [1.807, 2.05) is 29.8 Å². The maximum atomic E-state index is 14.5. The number of carbonyl (C=O) groups is 1. The van der Waals surface area contributed by atoms with Crippen LogP contribution in [0.5, 0.6) is 0 Å². The van der Waals surface area contributed by atoms with E-state index in [4.69, 9.17) is 0 Å². The number of imidazole rings is 1. The van der Waals surface area contributed by atoms with Crippen LogP contribution in [0.15, 0.2) is 60.9 Å². The van der Waals surface area contributed by atoms with Crippen LogP contribution < -0.4 is 5.32 Å². The van der Waals surface area contributed by atoms with Crippen molar-refractivity contribution in [3.8, 4) is 0 Å². The number of carbonyl (C=O) groups excluding carboxylic acids is 1. The van der Waals surface area contributed by atoms with Gasteiger partial charge in [0, 0.05) is 25.0 Å². The fourth-order valence-corrected chi connectivity index (χ4v) is 3.92. The molecular formula is C22H22FN3O. The molecule has 0 saturated heterocycles. The van der Waals surface area contributed by atoms with Gasteiger partial charge in [0.05, 0.1) is 5.92 Å². The molecule has 138 valence electrons. The molecule has 4 nitrogen and oxygen atoms in total. The summed E-state index contributed by atoms with van der Waals surface area (Å²) in [5.41, 5.74) is 2.72. The number of benzene rings is 2. The van der Waals surface area contributed by atoms with Gasteiger partial charge < -0.3 is 9.88 Å². The van der Waals surface area contributed by atoms with Gasteiger partial charge in [0.2, 0.25) is 5.91 Å². The Kier molecular flexibility index (Phi) is 4.75. The smallest absolute Gasteiger partial charge is 0.228 e. The molecule has 1 aliphatic carbocycles. The van der Waals surface area contributed by atoms with Crippen LogP contribution >= 0.6 is 0 Å². The molecule has 1 aromatic heterocycles. The number of aromatic nitrogens is 2. The molecule has 0 unspecified atom stereocenters. The average molecular weight is 363 g/mol. The lowest BCUT2D eigenvalue weighted by molar-refractivity contribution is -0.123. The van der Waals surface area contributed by atoms with Gasteiger partial charge in [0.25, 0.3) is 0 Å². The number of aryl methyl sites for hydroxylation is 2. The molecule has 3 aromatic rings. The summed E-state index contributed by atoms with van der Waals surface area (Å²) in [6, 6.07) is 14.0. The van der Waals surface area contributed by atoms with Gasteiger partial charge in [0.15, 0.2) is 0 Å². The molecule has 0 spiro atoms. The van der Waals surface area contributed by atoms with E-state index in [1.54, 1.807) is 30.6 Å². The van der Waals surface area contributed by atoms with Crippen LogP contribution in [0.2, 0.25) is 0 Å².